The molecule has 0 heterocycles. The average Bonchev–Trinajstić information content (AvgIpc) is 1.59. The number of carbonyl (C=O) groups is 2. The third-order valence-corrected chi connectivity index (χ3v) is 1.13. The Morgan fingerprint density at radius 3 is 2.40 bits per heavy atom. The lowest BCUT2D eigenvalue weighted by Gasteiger charge is -1.96. The van der Waals surface area contributed by atoms with Gasteiger partial charge in [-0.25, -0.2) is 4.79 Å². The molecule has 58 valence electrons. The molecule has 0 aromatic heterocycles. The molecule has 0 aromatic carbocycles. The van der Waals surface area contributed by atoms with Crippen LogP contribution in [-0.4, -0.2) is 26.1 Å². The van der Waals surface area contributed by atoms with E-state index in [2.05, 4.69) is 4.18 Å². The number of hydrogen-bond donors (Lipinski definition) is 2. The van der Waals surface area contributed by atoms with Crippen molar-refractivity contribution >= 4 is 22.9 Å². The Bertz CT molecular complexity index is 228. The quantitative estimate of drug-likeness (QED) is 0.506. The van der Waals surface area contributed by atoms with E-state index in [9.17, 15) is 18.0 Å². The first-order valence-electron chi connectivity index (χ1n) is 1.85. The summed E-state index contributed by atoms with van der Waals surface area (Å²) in [7, 11) is -4.45. The molecule has 0 unspecified atom stereocenters. The van der Waals surface area contributed by atoms with E-state index < -0.39 is 22.9 Å². The zero-order chi connectivity index (χ0) is 8.20. The van der Waals surface area contributed by atoms with E-state index >= 15 is 0 Å². The van der Waals surface area contributed by atoms with Crippen molar-refractivity contribution in [3.05, 3.63) is 0 Å². The Morgan fingerprint density at radius 1 is 1.60 bits per heavy atom. The summed E-state index contributed by atoms with van der Waals surface area (Å²) in [5.41, 5.74) is 0. The van der Waals surface area contributed by atoms with Crippen LogP contribution < -0.4 is 4.72 Å². The van der Waals surface area contributed by atoms with Crippen LogP contribution in [0.4, 0.5) is 4.79 Å². The number of rotatable bonds is 3. The molecule has 0 saturated heterocycles. The Balaban J connectivity index is 4.14. The van der Waals surface area contributed by atoms with Crippen molar-refractivity contribution in [3.8, 4) is 0 Å². The van der Waals surface area contributed by atoms with Crippen molar-refractivity contribution in [2.24, 2.45) is 0 Å². The maximum atomic E-state index is 10.1. The topological polar surface area (TPSA) is 110 Å². The second kappa shape index (κ2) is 3.01. The van der Waals surface area contributed by atoms with Crippen LogP contribution in [0.3, 0.4) is 0 Å². The van der Waals surface area contributed by atoms with Gasteiger partial charge < -0.3 is 9.29 Å². The molecule has 0 radical (unpaired) electrons. The van der Waals surface area contributed by atoms with Gasteiger partial charge in [-0.05, 0) is 0 Å². The molecule has 0 atom stereocenters. The minimum Gasteiger partial charge on any atom is -0.464 e. The van der Waals surface area contributed by atoms with Crippen LogP contribution in [0.5, 0.6) is 0 Å². The van der Waals surface area contributed by atoms with Crippen molar-refractivity contribution in [1.82, 2.24) is 4.72 Å². The van der Waals surface area contributed by atoms with Gasteiger partial charge in [0.1, 0.15) is 0 Å². The normalized spacial score (nSPS) is 10.0. The van der Waals surface area contributed by atoms with Gasteiger partial charge in [-0.15, -0.1) is 0 Å². The van der Waals surface area contributed by atoms with Gasteiger partial charge >= 0.3 is 22.9 Å². The molecule has 0 saturated carbocycles. The Hall–Kier alpha value is -1.31. The third-order valence-electron chi connectivity index (χ3n) is 0.378. The Kier molecular flexibility index (Phi) is 2.62. The molecular weight excluding hydrogens is 166 g/mol. The monoisotopic (exact) mass is 169 g/mol. The molecule has 1 amide bonds. The summed E-state index contributed by atoms with van der Waals surface area (Å²) in [6.07, 6.45) is -1.82. The molecule has 0 aliphatic rings. The van der Waals surface area contributed by atoms with Crippen molar-refractivity contribution in [2.75, 3.05) is 0 Å². The van der Waals surface area contributed by atoms with Crippen molar-refractivity contribution < 1.29 is 27.3 Å². The predicted molar refractivity (Wildman–Crippen MR) is 27.2 cm³/mol. The van der Waals surface area contributed by atoms with Gasteiger partial charge in [0.15, 0.2) is 0 Å². The van der Waals surface area contributed by atoms with E-state index in [1.165, 1.54) is 0 Å². The van der Waals surface area contributed by atoms with E-state index in [0.717, 1.165) is 4.72 Å². The standard InChI is InChI=1S/C2H3NO6S/c4-1-9-10(7,8)3-2(5)6/h1,3H,(H,5,6). The molecule has 0 bridgehead atoms. The van der Waals surface area contributed by atoms with Gasteiger partial charge in [0.2, 0.25) is 0 Å². The molecule has 0 aliphatic carbocycles. The molecule has 0 aliphatic heterocycles. The van der Waals surface area contributed by atoms with Gasteiger partial charge in [-0.1, -0.05) is 0 Å². The Morgan fingerprint density at radius 2 is 2.10 bits per heavy atom. The number of amides is 1. The molecule has 0 rings (SSSR count). The van der Waals surface area contributed by atoms with Crippen LogP contribution in [-0.2, 0) is 19.3 Å². The molecule has 0 aromatic rings. The number of carboxylic acid groups (broad SMARTS) is 1. The van der Waals surface area contributed by atoms with Crippen LogP contribution in [0.1, 0.15) is 0 Å². The molecule has 0 fully saturated rings. The third kappa shape index (κ3) is 3.66. The van der Waals surface area contributed by atoms with Crippen LogP contribution >= 0.6 is 0 Å². The summed E-state index contributed by atoms with van der Waals surface area (Å²) in [6.45, 7) is -0.398. The van der Waals surface area contributed by atoms with Crippen LogP contribution in [0.2, 0.25) is 0 Å². The van der Waals surface area contributed by atoms with Crippen LogP contribution in [0.25, 0.3) is 0 Å². The lowest BCUT2D eigenvalue weighted by Crippen LogP contribution is -2.30. The van der Waals surface area contributed by atoms with Gasteiger partial charge in [0.05, 0.1) is 0 Å². The summed E-state index contributed by atoms with van der Waals surface area (Å²) in [5, 5.41) is 7.79. The van der Waals surface area contributed by atoms with Crippen molar-refractivity contribution in [1.29, 1.82) is 0 Å². The molecule has 2 N–H and O–H groups in total. The largest absolute Gasteiger partial charge is 0.464 e. The van der Waals surface area contributed by atoms with Gasteiger partial charge in [0, 0.05) is 0 Å². The second-order valence-corrected chi connectivity index (χ2v) is 2.36. The first-order chi connectivity index (χ1) is 4.48. The molecule has 10 heavy (non-hydrogen) atoms. The summed E-state index contributed by atoms with van der Waals surface area (Å²) >= 11 is 0. The molecule has 7 nitrogen and oxygen atoms in total. The Labute approximate surface area is 55.9 Å². The highest BCUT2D eigenvalue weighted by atomic mass is 32.2. The van der Waals surface area contributed by atoms with Crippen LogP contribution in [0.15, 0.2) is 0 Å². The lowest BCUT2D eigenvalue weighted by atomic mass is 11.3. The summed E-state index contributed by atoms with van der Waals surface area (Å²) in [6, 6.07) is 0. The summed E-state index contributed by atoms with van der Waals surface area (Å²) in [4.78, 5) is 19.0. The SMILES string of the molecule is O=COS(=O)(=O)NC(=O)O. The number of nitrogens with one attached hydrogen (secondary N) is 1. The first-order valence-corrected chi connectivity index (χ1v) is 3.26. The maximum Gasteiger partial charge on any atom is 0.421 e. The fourth-order valence-corrected chi connectivity index (χ4v) is 0.548. The number of hydrogen-bond acceptors (Lipinski definition) is 5. The average molecular weight is 169 g/mol. The van der Waals surface area contributed by atoms with Crippen LogP contribution in [0, 0.1) is 0 Å². The second-order valence-electron chi connectivity index (χ2n) is 1.05. The highest BCUT2D eigenvalue weighted by Gasteiger charge is 2.12. The fourth-order valence-electron chi connectivity index (χ4n) is 0.183. The maximum absolute atomic E-state index is 10.1. The zero-order valence-electron chi connectivity index (χ0n) is 4.47. The van der Waals surface area contributed by atoms with E-state index in [1.54, 1.807) is 0 Å². The summed E-state index contributed by atoms with van der Waals surface area (Å²) in [5.74, 6) is 0. The van der Waals surface area contributed by atoms with Gasteiger partial charge in [-0.2, -0.15) is 13.1 Å². The summed E-state index contributed by atoms with van der Waals surface area (Å²) < 4.78 is 24.5. The van der Waals surface area contributed by atoms with E-state index in [-0.39, 0.29) is 0 Å². The van der Waals surface area contributed by atoms with E-state index in [0.29, 0.717) is 0 Å². The predicted octanol–water partition coefficient (Wildman–Crippen LogP) is -1.33. The fraction of sp³-hybridized carbons (Fsp3) is 0. The first kappa shape index (κ1) is 8.69. The molecule has 0 spiro atoms. The number of carbonyl (C=O) groups excluding carboxylic acids is 1. The van der Waals surface area contributed by atoms with Gasteiger partial charge in [-0.3, -0.25) is 4.79 Å². The van der Waals surface area contributed by atoms with Gasteiger partial charge in [0.25, 0.3) is 0 Å². The smallest absolute Gasteiger partial charge is 0.421 e. The van der Waals surface area contributed by atoms with E-state index in [1.807, 2.05) is 0 Å². The van der Waals surface area contributed by atoms with Crippen molar-refractivity contribution in [3.63, 3.8) is 0 Å². The minimum absolute atomic E-state index is 0.398. The minimum atomic E-state index is -4.45. The highest BCUT2D eigenvalue weighted by Crippen LogP contribution is 1.81. The van der Waals surface area contributed by atoms with E-state index in [4.69, 9.17) is 5.11 Å². The molecular formula is C2H3NO6S. The zero-order valence-corrected chi connectivity index (χ0v) is 5.29. The lowest BCUT2D eigenvalue weighted by molar-refractivity contribution is -0.120. The highest BCUT2D eigenvalue weighted by molar-refractivity contribution is 7.85. The molecule has 8 heteroatoms. The van der Waals surface area contributed by atoms with Crippen molar-refractivity contribution in [2.45, 2.75) is 0 Å².